The summed E-state index contributed by atoms with van der Waals surface area (Å²) in [4.78, 5) is 48.5. The molecule has 0 radical (unpaired) electrons. The molecule has 0 spiro atoms. The van der Waals surface area contributed by atoms with Gasteiger partial charge in [-0.1, -0.05) is 25.1 Å². The first-order valence-electron chi connectivity index (χ1n) is 8.32. The molecule has 2 aromatic rings. The number of aromatic nitrogens is 4. The smallest absolute Gasteiger partial charge is 0.330 e. The molecule has 26 heavy (non-hydrogen) atoms. The van der Waals surface area contributed by atoms with Gasteiger partial charge in [0.05, 0.1) is 5.75 Å². The summed E-state index contributed by atoms with van der Waals surface area (Å²) in [6, 6.07) is 1.68. The van der Waals surface area contributed by atoms with Crippen molar-refractivity contribution in [3.8, 4) is 0 Å². The Bertz CT molecular complexity index is 865. The number of nitrogen functional groups attached to an aromatic ring is 1. The summed E-state index contributed by atoms with van der Waals surface area (Å²) in [7, 11) is 0. The van der Waals surface area contributed by atoms with Crippen LogP contribution in [-0.4, -0.2) is 37.7 Å². The topological polar surface area (TPSA) is 127 Å². The summed E-state index contributed by atoms with van der Waals surface area (Å²) in [5, 5.41) is 0.465. The lowest BCUT2D eigenvalue weighted by atomic mass is 10.3. The van der Waals surface area contributed by atoms with Gasteiger partial charge in [0, 0.05) is 25.5 Å². The first kappa shape index (κ1) is 19.7. The standard InChI is InChI=1S/C16H22N6O3S/c1-3-5-9-22-13(17)12(14(24)20-16(22)25)21(4-2)11(23)10-26-15-18-7-6-8-19-15/h6-8H,3-5,9-10,17H2,1-2H3,(H,20,24,25). The highest BCUT2D eigenvalue weighted by Gasteiger charge is 2.23. The molecule has 0 aliphatic rings. The Hall–Kier alpha value is -2.62. The number of anilines is 2. The van der Waals surface area contributed by atoms with E-state index in [1.54, 1.807) is 25.4 Å². The molecule has 0 saturated carbocycles. The fourth-order valence-corrected chi connectivity index (χ4v) is 3.08. The molecule has 1 amide bonds. The molecule has 2 aromatic heterocycles. The maximum atomic E-state index is 12.6. The predicted molar refractivity (Wildman–Crippen MR) is 101 cm³/mol. The van der Waals surface area contributed by atoms with E-state index in [0.717, 1.165) is 24.6 Å². The molecule has 0 fully saturated rings. The Balaban J connectivity index is 2.29. The number of rotatable bonds is 8. The van der Waals surface area contributed by atoms with Gasteiger partial charge in [-0.2, -0.15) is 0 Å². The number of H-pyrrole nitrogens is 1. The van der Waals surface area contributed by atoms with E-state index in [4.69, 9.17) is 5.73 Å². The normalized spacial score (nSPS) is 10.7. The third kappa shape index (κ3) is 4.51. The molecular formula is C16H22N6O3S. The molecule has 0 saturated heterocycles. The predicted octanol–water partition coefficient (Wildman–Crippen LogP) is 0.854. The van der Waals surface area contributed by atoms with Crippen LogP contribution in [0.5, 0.6) is 0 Å². The van der Waals surface area contributed by atoms with Crippen molar-refractivity contribution >= 4 is 29.2 Å². The number of nitrogens with one attached hydrogen (secondary N) is 1. The van der Waals surface area contributed by atoms with Crippen LogP contribution in [0.1, 0.15) is 26.7 Å². The van der Waals surface area contributed by atoms with Crippen molar-refractivity contribution in [3.63, 3.8) is 0 Å². The zero-order valence-electron chi connectivity index (χ0n) is 14.8. The van der Waals surface area contributed by atoms with Crippen LogP contribution in [0, 0.1) is 0 Å². The monoisotopic (exact) mass is 378 g/mol. The fraction of sp³-hybridized carbons (Fsp3) is 0.438. The molecular weight excluding hydrogens is 356 g/mol. The van der Waals surface area contributed by atoms with Crippen molar-refractivity contribution < 1.29 is 4.79 Å². The quantitative estimate of drug-likeness (QED) is 0.515. The lowest BCUT2D eigenvalue weighted by molar-refractivity contribution is -0.116. The van der Waals surface area contributed by atoms with Crippen LogP contribution in [0.3, 0.4) is 0 Å². The number of unbranched alkanes of at least 4 members (excludes halogenated alkanes) is 1. The van der Waals surface area contributed by atoms with Crippen molar-refractivity contribution in [2.24, 2.45) is 0 Å². The summed E-state index contributed by atoms with van der Waals surface area (Å²) < 4.78 is 1.30. The Kier molecular flexibility index (Phi) is 6.96. The van der Waals surface area contributed by atoms with Crippen LogP contribution in [-0.2, 0) is 11.3 Å². The van der Waals surface area contributed by atoms with Crippen molar-refractivity contribution in [1.82, 2.24) is 19.5 Å². The lowest BCUT2D eigenvalue weighted by Crippen LogP contribution is -2.41. The number of hydrogen-bond acceptors (Lipinski definition) is 7. The van der Waals surface area contributed by atoms with E-state index in [9.17, 15) is 14.4 Å². The molecule has 2 heterocycles. The van der Waals surface area contributed by atoms with Crippen LogP contribution < -0.4 is 21.9 Å². The van der Waals surface area contributed by atoms with Gasteiger partial charge in [-0.05, 0) is 19.4 Å². The maximum Gasteiger partial charge on any atom is 0.330 e. The zero-order chi connectivity index (χ0) is 19.1. The van der Waals surface area contributed by atoms with E-state index in [0.29, 0.717) is 11.7 Å². The lowest BCUT2D eigenvalue weighted by Gasteiger charge is -2.22. The van der Waals surface area contributed by atoms with E-state index in [1.807, 2.05) is 6.92 Å². The minimum atomic E-state index is -0.670. The molecule has 10 heteroatoms. The highest BCUT2D eigenvalue weighted by atomic mass is 32.2. The minimum absolute atomic E-state index is 0.00258. The van der Waals surface area contributed by atoms with Crippen molar-refractivity contribution in [2.45, 2.75) is 38.4 Å². The van der Waals surface area contributed by atoms with Gasteiger partial charge in [-0.15, -0.1) is 0 Å². The first-order valence-corrected chi connectivity index (χ1v) is 9.30. The molecule has 0 aromatic carbocycles. The number of carbonyl (C=O) groups is 1. The SMILES string of the molecule is CCCCn1c(N)c(N(CC)C(=O)CSc2ncccn2)c(=O)[nH]c1=O. The van der Waals surface area contributed by atoms with E-state index < -0.39 is 11.2 Å². The largest absolute Gasteiger partial charge is 0.383 e. The zero-order valence-corrected chi connectivity index (χ0v) is 15.6. The van der Waals surface area contributed by atoms with Gasteiger partial charge in [0.2, 0.25) is 5.91 Å². The van der Waals surface area contributed by atoms with Gasteiger partial charge < -0.3 is 10.6 Å². The number of nitrogens with zero attached hydrogens (tertiary/aromatic N) is 4. The van der Waals surface area contributed by atoms with Crippen molar-refractivity contribution in [2.75, 3.05) is 22.9 Å². The summed E-state index contributed by atoms with van der Waals surface area (Å²) in [5.74, 6) is -0.267. The van der Waals surface area contributed by atoms with Crippen LogP contribution in [0.25, 0.3) is 0 Å². The van der Waals surface area contributed by atoms with Crippen molar-refractivity contribution in [1.29, 1.82) is 0 Å². The van der Waals surface area contributed by atoms with Gasteiger partial charge in [0.25, 0.3) is 5.56 Å². The van der Waals surface area contributed by atoms with Crippen LogP contribution in [0.2, 0.25) is 0 Å². The van der Waals surface area contributed by atoms with Crippen LogP contribution in [0.4, 0.5) is 11.5 Å². The first-order chi connectivity index (χ1) is 12.5. The second kappa shape index (κ2) is 9.18. The Labute approximate surface area is 154 Å². The van der Waals surface area contributed by atoms with Crippen LogP contribution in [0.15, 0.2) is 33.2 Å². The van der Waals surface area contributed by atoms with Gasteiger partial charge in [0.1, 0.15) is 5.82 Å². The summed E-state index contributed by atoms with van der Waals surface area (Å²) in [5.41, 5.74) is 4.83. The fourth-order valence-electron chi connectivity index (χ4n) is 2.40. The van der Waals surface area contributed by atoms with E-state index >= 15 is 0 Å². The van der Waals surface area contributed by atoms with Gasteiger partial charge in [-0.25, -0.2) is 14.8 Å². The number of aromatic amines is 1. The second-order valence-corrected chi connectivity index (χ2v) is 6.40. The molecule has 3 N–H and O–H groups in total. The van der Waals surface area contributed by atoms with E-state index in [2.05, 4.69) is 15.0 Å². The molecule has 9 nitrogen and oxygen atoms in total. The summed E-state index contributed by atoms with van der Waals surface area (Å²) in [6.45, 7) is 4.35. The third-order valence-corrected chi connectivity index (χ3v) is 4.56. The molecule has 0 atom stereocenters. The van der Waals surface area contributed by atoms with E-state index in [1.165, 1.54) is 9.47 Å². The number of amides is 1. The molecule has 0 aliphatic heterocycles. The summed E-state index contributed by atoms with van der Waals surface area (Å²) in [6.07, 6.45) is 4.77. The van der Waals surface area contributed by atoms with Crippen molar-refractivity contribution in [3.05, 3.63) is 39.3 Å². The summed E-state index contributed by atoms with van der Waals surface area (Å²) >= 11 is 1.16. The Morgan fingerprint density at radius 1 is 1.31 bits per heavy atom. The molecule has 0 unspecified atom stereocenters. The molecule has 0 bridgehead atoms. The number of thioether (sulfide) groups is 1. The Morgan fingerprint density at radius 2 is 2.00 bits per heavy atom. The average molecular weight is 378 g/mol. The van der Waals surface area contributed by atoms with Gasteiger partial charge in [-0.3, -0.25) is 19.1 Å². The molecule has 2 rings (SSSR count). The molecule has 0 aliphatic carbocycles. The van der Waals surface area contributed by atoms with Gasteiger partial charge in [0.15, 0.2) is 10.8 Å². The average Bonchev–Trinajstić information content (AvgIpc) is 2.63. The molecule has 140 valence electrons. The Morgan fingerprint density at radius 3 is 2.62 bits per heavy atom. The number of nitrogens with two attached hydrogens (primary N) is 1. The second-order valence-electron chi connectivity index (χ2n) is 5.46. The van der Waals surface area contributed by atoms with E-state index in [-0.39, 0.29) is 29.7 Å². The van der Waals surface area contributed by atoms with Gasteiger partial charge >= 0.3 is 5.69 Å². The van der Waals surface area contributed by atoms with Crippen LogP contribution >= 0.6 is 11.8 Å². The highest BCUT2D eigenvalue weighted by molar-refractivity contribution is 7.99. The minimum Gasteiger partial charge on any atom is -0.383 e. The number of hydrogen-bond donors (Lipinski definition) is 2. The third-order valence-electron chi connectivity index (χ3n) is 3.70. The number of carbonyl (C=O) groups excluding carboxylic acids is 1. The highest BCUT2D eigenvalue weighted by Crippen LogP contribution is 2.19. The maximum absolute atomic E-state index is 12.6.